The van der Waals surface area contributed by atoms with E-state index in [4.69, 9.17) is 4.42 Å². The van der Waals surface area contributed by atoms with Gasteiger partial charge in [0.2, 0.25) is 0 Å². The molecule has 0 saturated carbocycles. The van der Waals surface area contributed by atoms with Gasteiger partial charge in [-0.25, -0.2) is 0 Å². The van der Waals surface area contributed by atoms with Gasteiger partial charge in [0.05, 0.1) is 12.5 Å². The summed E-state index contributed by atoms with van der Waals surface area (Å²) in [4.78, 5) is 11.9. The summed E-state index contributed by atoms with van der Waals surface area (Å²) in [5.74, 6) is 0.0869. The van der Waals surface area contributed by atoms with E-state index in [9.17, 15) is 4.79 Å². The largest absolute Gasteiger partial charge is 0.472 e. The first-order valence-corrected chi connectivity index (χ1v) is 5.35. The zero-order valence-corrected chi connectivity index (χ0v) is 9.53. The number of benzene rings is 1. The fourth-order valence-electron chi connectivity index (χ4n) is 1.36. The molecule has 3 heteroatoms. The van der Waals surface area contributed by atoms with Crippen molar-refractivity contribution in [2.45, 2.75) is 6.42 Å². The van der Waals surface area contributed by atoms with Gasteiger partial charge in [-0.1, -0.05) is 34.1 Å². The molecule has 76 valence electrons. The predicted molar refractivity (Wildman–Crippen MR) is 60.9 cm³/mol. The molecule has 2 aromatic rings. The molecule has 15 heavy (non-hydrogen) atoms. The fourth-order valence-corrected chi connectivity index (χ4v) is 1.87. The molecule has 0 radical (unpaired) electrons. The molecular weight excluding hydrogens is 256 g/mol. The minimum atomic E-state index is 0.0869. The van der Waals surface area contributed by atoms with Crippen LogP contribution in [0.2, 0.25) is 0 Å². The second-order valence-electron chi connectivity index (χ2n) is 3.21. The van der Waals surface area contributed by atoms with Crippen molar-refractivity contribution in [3.05, 3.63) is 58.5 Å². The van der Waals surface area contributed by atoms with Crippen molar-refractivity contribution in [3.63, 3.8) is 0 Å². The highest BCUT2D eigenvalue weighted by Crippen LogP contribution is 2.18. The molecular formula is C12H9BrO2. The summed E-state index contributed by atoms with van der Waals surface area (Å²) in [6.45, 7) is 0. The van der Waals surface area contributed by atoms with Crippen LogP contribution >= 0.6 is 15.9 Å². The highest BCUT2D eigenvalue weighted by molar-refractivity contribution is 9.10. The van der Waals surface area contributed by atoms with Crippen LogP contribution < -0.4 is 0 Å². The van der Waals surface area contributed by atoms with Crippen LogP contribution in [0.3, 0.4) is 0 Å². The molecule has 0 aliphatic carbocycles. The monoisotopic (exact) mass is 264 g/mol. The fraction of sp³-hybridized carbons (Fsp3) is 0.0833. The highest BCUT2D eigenvalue weighted by atomic mass is 79.9. The molecule has 0 N–H and O–H groups in total. The first-order valence-electron chi connectivity index (χ1n) is 4.56. The Bertz CT molecular complexity index is 460. The van der Waals surface area contributed by atoms with Gasteiger partial charge >= 0.3 is 0 Å². The maximum Gasteiger partial charge on any atom is 0.168 e. The van der Waals surface area contributed by atoms with Crippen LogP contribution in [-0.4, -0.2) is 5.78 Å². The van der Waals surface area contributed by atoms with Crippen molar-refractivity contribution < 1.29 is 9.21 Å². The summed E-state index contributed by atoms with van der Waals surface area (Å²) >= 11 is 3.36. The molecule has 0 amide bonds. The number of furan rings is 1. The smallest absolute Gasteiger partial charge is 0.168 e. The molecule has 0 saturated heterocycles. The lowest BCUT2D eigenvalue weighted by molar-refractivity contribution is 0.0992. The Labute approximate surface area is 96.0 Å². The molecule has 2 nitrogen and oxygen atoms in total. The summed E-state index contributed by atoms with van der Waals surface area (Å²) in [5, 5.41) is 0. The second-order valence-corrected chi connectivity index (χ2v) is 4.07. The molecule has 1 aromatic heterocycles. The average Bonchev–Trinajstić information content (AvgIpc) is 2.71. The third kappa shape index (κ3) is 2.36. The zero-order valence-electron chi connectivity index (χ0n) is 7.94. The van der Waals surface area contributed by atoms with Crippen LogP contribution in [0.5, 0.6) is 0 Å². The standard InChI is InChI=1S/C12H9BrO2/c13-11-4-2-1-3-10(11)12(14)7-9-5-6-15-8-9/h1-6,8H,7H2. The Kier molecular flexibility index (Phi) is 3.02. The molecule has 1 aromatic carbocycles. The van der Waals surface area contributed by atoms with Crippen LogP contribution in [0.1, 0.15) is 15.9 Å². The number of carbonyl (C=O) groups is 1. The number of hydrogen-bond acceptors (Lipinski definition) is 2. The van der Waals surface area contributed by atoms with Crippen molar-refractivity contribution in [1.29, 1.82) is 0 Å². The van der Waals surface area contributed by atoms with E-state index < -0.39 is 0 Å². The maximum absolute atomic E-state index is 11.9. The highest BCUT2D eigenvalue weighted by Gasteiger charge is 2.10. The van der Waals surface area contributed by atoms with E-state index in [1.54, 1.807) is 18.6 Å². The molecule has 0 aliphatic rings. The van der Waals surface area contributed by atoms with E-state index in [-0.39, 0.29) is 5.78 Å². The van der Waals surface area contributed by atoms with Gasteiger partial charge in [-0.2, -0.15) is 0 Å². The summed E-state index contributed by atoms with van der Waals surface area (Å²) in [6.07, 6.45) is 3.54. The summed E-state index contributed by atoms with van der Waals surface area (Å²) < 4.78 is 5.75. The third-order valence-corrected chi connectivity index (χ3v) is 2.81. The van der Waals surface area contributed by atoms with Gasteiger partial charge in [0.25, 0.3) is 0 Å². The van der Waals surface area contributed by atoms with Crippen molar-refractivity contribution in [2.75, 3.05) is 0 Å². The number of hydrogen-bond donors (Lipinski definition) is 0. The number of rotatable bonds is 3. The quantitative estimate of drug-likeness (QED) is 0.795. The number of halogens is 1. The van der Waals surface area contributed by atoms with Crippen LogP contribution in [0.15, 0.2) is 51.7 Å². The van der Waals surface area contributed by atoms with E-state index in [1.165, 1.54) is 0 Å². The summed E-state index contributed by atoms with van der Waals surface area (Å²) in [5.41, 5.74) is 1.61. The van der Waals surface area contributed by atoms with Crippen molar-refractivity contribution in [2.24, 2.45) is 0 Å². The molecule has 0 unspecified atom stereocenters. The van der Waals surface area contributed by atoms with Crippen molar-refractivity contribution in [3.8, 4) is 0 Å². The summed E-state index contributed by atoms with van der Waals surface area (Å²) in [6, 6.07) is 9.22. The minimum Gasteiger partial charge on any atom is -0.472 e. The average molecular weight is 265 g/mol. The zero-order chi connectivity index (χ0) is 10.7. The van der Waals surface area contributed by atoms with Gasteiger partial charge in [0.15, 0.2) is 5.78 Å². The third-order valence-electron chi connectivity index (χ3n) is 2.12. The Morgan fingerprint density at radius 2 is 2.07 bits per heavy atom. The Morgan fingerprint density at radius 3 is 2.73 bits per heavy atom. The van der Waals surface area contributed by atoms with E-state index in [0.29, 0.717) is 12.0 Å². The molecule has 1 heterocycles. The first kappa shape index (κ1) is 10.2. The van der Waals surface area contributed by atoms with Crippen LogP contribution in [-0.2, 0) is 6.42 Å². The first-order chi connectivity index (χ1) is 7.27. The number of ketones is 1. The van der Waals surface area contributed by atoms with Crippen molar-refractivity contribution in [1.82, 2.24) is 0 Å². The maximum atomic E-state index is 11.9. The molecule has 0 atom stereocenters. The Hall–Kier alpha value is -1.35. The van der Waals surface area contributed by atoms with E-state index in [2.05, 4.69) is 15.9 Å². The topological polar surface area (TPSA) is 30.2 Å². The van der Waals surface area contributed by atoms with Gasteiger partial charge in [0, 0.05) is 16.5 Å². The second kappa shape index (κ2) is 4.45. The predicted octanol–water partition coefficient (Wildman–Crippen LogP) is 3.47. The molecule has 2 rings (SSSR count). The molecule has 0 aliphatic heterocycles. The van der Waals surface area contributed by atoms with E-state index in [1.807, 2.05) is 24.3 Å². The van der Waals surface area contributed by atoms with E-state index in [0.717, 1.165) is 10.0 Å². The van der Waals surface area contributed by atoms with Crippen LogP contribution in [0.25, 0.3) is 0 Å². The lowest BCUT2D eigenvalue weighted by atomic mass is 10.1. The van der Waals surface area contributed by atoms with Gasteiger partial charge in [-0.15, -0.1) is 0 Å². The normalized spacial score (nSPS) is 10.2. The Balaban J connectivity index is 2.19. The number of carbonyl (C=O) groups excluding carboxylic acids is 1. The van der Waals surface area contributed by atoms with E-state index >= 15 is 0 Å². The van der Waals surface area contributed by atoms with Crippen molar-refractivity contribution >= 4 is 21.7 Å². The SMILES string of the molecule is O=C(Cc1ccoc1)c1ccccc1Br. The van der Waals surface area contributed by atoms with Gasteiger partial charge in [0.1, 0.15) is 0 Å². The number of Topliss-reactive ketones (excluding diaryl/α,β-unsaturated/α-hetero) is 1. The van der Waals surface area contributed by atoms with Crippen LogP contribution in [0.4, 0.5) is 0 Å². The van der Waals surface area contributed by atoms with Gasteiger partial charge in [-0.05, 0) is 17.7 Å². The van der Waals surface area contributed by atoms with Crippen LogP contribution in [0, 0.1) is 0 Å². The van der Waals surface area contributed by atoms with Gasteiger partial charge < -0.3 is 4.42 Å². The Morgan fingerprint density at radius 1 is 1.27 bits per heavy atom. The molecule has 0 fully saturated rings. The van der Waals surface area contributed by atoms with Gasteiger partial charge in [-0.3, -0.25) is 4.79 Å². The lowest BCUT2D eigenvalue weighted by Crippen LogP contribution is -2.03. The lowest BCUT2D eigenvalue weighted by Gasteiger charge is -2.01. The molecule has 0 bridgehead atoms. The summed E-state index contributed by atoms with van der Waals surface area (Å²) in [7, 11) is 0. The minimum absolute atomic E-state index is 0.0869. The molecule has 0 spiro atoms.